The van der Waals surface area contributed by atoms with E-state index in [2.05, 4.69) is 15.0 Å². The highest BCUT2D eigenvalue weighted by molar-refractivity contribution is 5.94. The van der Waals surface area contributed by atoms with Gasteiger partial charge in [-0.15, -0.1) is 0 Å². The van der Waals surface area contributed by atoms with Crippen LogP contribution in [0.25, 0.3) is 0 Å². The Balaban J connectivity index is 3.22. The first kappa shape index (κ1) is 12.3. The molecule has 1 N–H and O–H groups in total. The van der Waals surface area contributed by atoms with Gasteiger partial charge in [0.25, 0.3) is 0 Å². The van der Waals surface area contributed by atoms with Crippen LogP contribution in [-0.2, 0) is 10.9 Å². The van der Waals surface area contributed by atoms with Crippen molar-refractivity contribution in [3.8, 4) is 0 Å². The Labute approximate surface area is 89.4 Å². The number of halogens is 3. The number of carbonyl (C=O) groups is 1. The summed E-state index contributed by atoms with van der Waals surface area (Å²) in [4.78, 5) is 14.5. The highest BCUT2D eigenvalue weighted by atomic mass is 19.4. The molecule has 0 aromatic carbocycles. The van der Waals surface area contributed by atoms with E-state index in [-0.39, 0.29) is 11.4 Å². The number of anilines is 1. The lowest BCUT2D eigenvalue weighted by molar-refractivity contribution is -0.141. The molecule has 0 radical (unpaired) electrons. The molecule has 7 heteroatoms. The van der Waals surface area contributed by atoms with E-state index in [0.717, 1.165) is 19.2 Å². The van der Waals surface area contributed by atoms with E-state index < -0.39 is 17.8 Å². The first-order chi connectivity index (χ1) is 7.40. The number of ether oxygens (including phenoxy) is 1. The van der Waals surface area contributed by atoms with Crippen LogP contribution in [0.15, 0.2) is 12.1 Å². The van der Waals surface area contributed by atoms with Crippen LogP contribution < -0.4 is 5.32 Å². The molecule has 0 atom stereocenters. The Bertz CT molecular complexity index is 404. The largest absolute Gasteiger partial charge is 0.465 e. The lowest BCUT2D eigenvalue weighted by atomic mass is 10.2. The van der Waals surface area contributed by atoms with Crippen LogP contribution in [-0.4, -0.2) is 25.1 Å². The summed E-state index contributed by atoms with van der Waals surface area (Å²) >= 11 is 0. The van der Waals surface area contributed by atoms with Crippen LogP contribution in [0.5, 0.6) is 0 Å². The molecule has 0 bridgehead atoms. The van der Waals surface area contributed by atoms with Crippen LogP contribution in [0, 0.1) is 0 Å². The zero-order valence-corrected chi connectivity index (χ0v) is 8.55. The van der Waals surface area contributed by atoms with E-state index in [9.17, 15) is 18.0 Å². The molecule has 0 aliphatic heterocycles. The van der Waals surface area contributed by atoms with Crippen molar-refractivity contribution in [3.05, 3.63) is 23.4 Å². The van der Waals surface area contributed by atoms with Gasteiger partial charge in [-0.2, -0.15) is 13.2 Å². The minimum absolute atomic E-state index is 0.0435. The molecule has 0 spiro atoms. The minimum atomic E-state index is -4.54. The monoisotopic (exact) mass is 235 g/mol. The van der Waals surface area contributed by atoms with Crippen LogP contribution in [0.4, 0.5) is 19.0 Å². The average molecular weight is 235 g/mol. The number of rotatable bonds is 2. The summed E-state index contributed by atoms with van der Waals surface area (Å²) in [6, 6.07) is 1.75. The van der Waals surface area contributed by atoms with Crippen molar-refractivity contribution in [2.45, 2.75) is 6.18 Å². The molecule has 0 aliphatic rings. The van der Waals surface area contributed by atoms with E-state index in [1.807, 2.05) is 0 Å². The zero-order valence-electron chi connectivity index (χ0n) is 8.55. The minimum Gasteiger partial charge on any atom is -0.465 e. The second-order valence-corrected chi connectivity index (χ2v) is 2.83. The normalized spacial score (nSPS) is 11.1. The maximum absolute atomic E-state index is 12.3. The van der Waals surface area contributed by atoms with E-state index in [0.29, 0.717) is 0 Å². The summed E-state index contributed by atoms with van der Waals surface area (Å²) in [5.41, 5.74) is -1.11. The number of alkyl halides is 3. The van der Waals surface area contributed by atoms with E-state index in [4.69, 9.17) is 0 Å². The Morgan fingerprint density at radius 2 is 2.06 bits per heavy atom. The number of hydrogen-bond donors (Lipinski definition) is 1. The number of nitrogens with zero attached hydrogens (tertiary/aromatic N) is 1. The van der Waals surface area contributed by atoms with Crippen LogP contribution in [0.2, 0.25) is 0 Å². The van der Waals surface area contributed by atoms with Gasteiger partial charge < -0.3 is 10.1 Å². The third-order valence-electron chi connectivity index (χ3n) is 1.83. The molecule has 88 valence electrons. The summed E-state index contributed by atoms with van der Waals surface area (Å²) in [6.45, 7) is 0. The van der Waals surface area contributed by atoms with Crippen LogP contribution >= 0.6 is 0 Å². The van der Waals surface area contributed by atoms with Crippen LogP contribution in [0.3, 0.4) is 0 Å². The molecule has 16 heavy (non-hydrogen) atoms. The van der Waals surface area contributed by atoms with Gasteiger partial charge in [0.2, 0.25) is 0 Å². The van der Waals surface area contributed by atoms with Crippen molar-refractivity contribution in [2.75, 3.05) is 19.5 Å². The SMILES string of the molecule is COC(=O)c1ccc(C(F)(F)F)nc1N[13CH3]. The fraction of sp³-hybridized carbons (Fsp3) is 0.333. The third kappa shape index (κ3) is 2.41. The van der Waals surface area contributed by atoms with Gasteiger partial charge in [0.05, 0.1) is 7.11 Å². The molecule has 0 saturated heterocycles. The Hall–Kier alpha value is -1.79. The summed E-state index contributed by atoms with van der Waals surface area (Å²) in [5.74, 6) is -0.910. The predicted octanol–water partition coefficient (Wildman–Crippen LogP) is 1.93. The topological polar surface area (TPSA) is 51.2 Å². The van der Waals surface area contributed by atoms with Gasteiger partial charge in [0.1, 0.15) is 17.1 Å². The summed E-state index contributed by atoms with van der Waals surface area (Å²) in [7, 11) is 2.51. The summed E-state index contributed by atoms with van der Waals surface area (Å²) in [6.07, 6.45) is -4.54. The number of aromatic nitrogens is 1. The van der Waals surface area contributed by atoms with Gasteiger partial charge >= 0.3 is 12.1 Å². The fourth-order valence-corrected chi connectivity index (χ4v) is 1.08. The maximum atomic E-state index is 12.3. The first-order valence-electron chi connectivity index (χ1n) is 4.24. The molecule has 1 aromatic heterocycles. The average Bonchev–Trinajstić information content (AvgIpc) is 2.26. The van der Waals surface area contributed by atoms with E-state index in [1.165, 1.54) is 7.05 Å². The highest BCUT2D eigenvalue weighted by Gasteiger charge is 2.33. The molecule has 0 fully saturated rings. The fourth-order valence-electron chi connectivity index (χ4n) is 1.08. The molecule has 0 unspecified atom stereocenters. The van der Waals surface area contributed by atoms with Gasteiger partial charge in [-0.3, -0.25) is 0 Å². The van der Waals surface area contributed by atoms with Gasteiger partial charge in [0.15, 0.2) is 0 Å². The number of nitrogens with one attached hydrogen (secondary N) is 1. The lowest BCUT2D eigenvalue weighted by Gasteiger charge is -2.10. The number of hydrogen-bond acceptors (Lipinski definition) is 4. The number of pyridine rings is 1. The summed E-state index contributed by atoms with van der Waals surface area (Å²) in [5, 5.41) is 2.41. The summed E-state index contributed by atoms with van der Waals surface area (Å²) < 4.78 is 41.3. The van der Waals surface area contributed by atoms with Crippen molar-refractivity contribution < 1.29 is 22.7 Å². The Morgan fingerprint density at radius 3 is 2.50 bits per heavy atom. The van der Waals surface area contributed by atoms with Gasteiger partial charge in [-0.1, -0.05) is 0 Å². The van der Waals surface area contributed by atoms with Crippen LogP contribution in [0.1, 0.15) is 16.1 Å². The number of esters is 1. The molecular weight excluding hydrogens is 226 g/mol. The molecule has 1 aromatic rings. The predicted molar refractivity (Wildman–Crippen MR) is 50.1 cm³/mol. The van der Waals surface area contributed by atoms with E-state index in [1.54, 1.807) is 0 Å². The molecule has 0 saturated carbocycles. The molecular formula is C9H9F3N2O2. The van der Waals surface area contributed by atoms with Gasteiger partial charge in [-0.25, -0.2) is 9.78 Å². The zero-order chi connectivity index (χ0) is 12.3. The van der Waals surface area contributed by atoms with Crippen molar-refractivity contribution >= 4 is 11.8 Å². The third-order valence-corrected chi connectivity index (χ3v) is 1.83. The first-order valence-corrected chi connectivity index (χ1v) is 4.24. The second-order valence-electron chi connectivity index (χ2n) is 2.83. The molecule has 0 amide bonds. The molecule has 0 aliphatic carbocycles. The smallest absolute Gasteiger partial charge is 0.433 e. The number of methoxy groups -OCH3 is 1. The van der Waals surface area contributed by atoms with Crippen molar-refractivity contribution in [1.29, 1.82) is 0 Å². The van der Waals surface area contributed by atoms with Gasteiger partial charge in [0, 0.05) is 7.05 Å². The molecule has 4 nitrogen and oxygen atoms in total. The van der Waals surface area contributed by atoms with Crippen molar-refractivity contribution in [1.82, 2.24) is 4.98 Å². The van der Waals surface area contributed by atoms with Crippen molar-refractivity contribution in [2.24, 2.45) is 0 Å². The Morgan fingerprint density at radius 1 is 1.44 bits per heavy atom. The Kier molecular flexibility index (Phi) is 3.36. The second kappa shape index (κ2) is 4.38. The van der Waals surface area contributed by atoms with Crippen molar-refractivity contribution in [3.63, 3.8) is 0 Å². The van der Waals surface area contributed by atoms with E-state index >= 15 is 0 Å². The van der Waals surface area contributed by atoms with Gasteiger partial charge in [-0.05, 0) is 12.1 Å². The standard InChI is InChI=1S/C9H9F3N2O2/c1-13-7-5(8(15)16-2)3-4-6(14-7)9(10,11)12/h3-4H,1-2H3,(H,13,14)/i1+1. The number of carbonyl (C=O) groups excluding carboxylic acids is 1. The quantitative estimate of drug-likeness (QED) is 0.628. The molecule has 1 heterocycles. The highest BCUT2D eigenvalue weighted by Crippen LogP contribution is 2.29. The maximum Gasteiger partial charge on any atom is 0.433 e. The lowest BCUT2D eigenvalue weighted by Crippen LogP contribution is -2.13. The molecule has 1 rings (SSSR count).